The van der Waals surface area contributed by atoms with Crippen molar-refractivity contribution in [3.8, 4) is 11.5 Å². The van der Waals surface area contributed by atoms with Crippen molar-refractivity contribution in [2.45, 2.75) is 68.3 Å². The predicted octanol–water partition coefficient (Wildman–Crippen LogP) is 5.79. The van der Waals surface area contributed by atoms with Gasteiger partial charge in [-0.3, -0.25) is 4.79 Å². The highest BCUT2D eigenvalue weighted by Crippen LogP contribution is 2.60. The van der Waals surface area contributed by atoms with Crippen LogP contribution in [0.15, 0.2) is 24.3 Å². The molecule has 1 aromatic rings. The summed E-state index contributed by atoms with van der Waals surface area (Å²) in [4.78, 5) is 11.9. The van der Waals surface area contributed by atoms with Crippen LogP contribution in [0.5, 0.6) is 11.5 Å². The Hall–Kier alpha value is -0.780. The lowest BCUT2D eigenvalue weighted by molar-refractivity contribution is -0.157. The summed E-state index contributed by atoms with van der Waals surface area (Å²) in [5, 5.41) is 0. The first-order valence-corrected chi connectivity index (χ1v) is 11.4. The van der Waals surface area contributed by atoms with Gasteiger partial charge in [0.2, 0.25) is 0 Å². The van der Waals surface area contributed by atoms with Gasteiger partial charge in [-0.05, 0) is 92.9 Å². The highest BCUT2D eigenvalue weighted by atomic mass is 127. The number of hydrogen-bond donors (Lipinski definition) is 0. The van der Waals surface area contributed by atoms with E-state index in [-0.39, 0.29) is 15.5 Å². The van der Waals surface area contributed by atoms with E-state index < -0.39 is 0 Å². The van der Waals surface area contributed by atoms with Crippen molar-refractivity contribution in [3.63, 3.8) is 0 Å². The second-order valence-corrected chi connectivity index (χ2v) is 9.99. The Morgan fingerprint density at radius 2 is 1.58 bits per heavy atom. The number of esters is 1. The van der Waals surface area contributed by atoms with Crippen LogP contribution in [0, 0.1) is 23.7 Å². The first-order chi connectivity index (χ1) is 12.5. The van der Waals surface area contributed by atoms with Crippen LogP contribution in [-0.2, 0) is 4.79 Å². The molecule has 0 aliphatic heterocycles. The maximum absolute atomic E-state index is 11.9. The van der Waals surface area contributed by atoms with Gasteiger partial charge >= 0.3 is 5.97 Å². The van der Waals surface area contributed by atoms with Crippen molar-refractivity contribution >= 4 is 28.6 Å². The molecule has 4 fully saturated rings. The molecule has 4 saturated carbocycles. The van der Waals surface area contributed by atoms with Crippen LogP contribution in [0.1, 0.15) is 58.8 Å². The molecule has 1 unspecified atom stereocenters. The fraction of sp³-hybridized carbons (Fsp3) is 0.682. The molecule has 4 aliphatic rings. The van der Waals surface area contributed by atoms with E-state index in [0.29, 0.717) is 17.6 Å². The third-order valence-electron chi connectivity index (χ3n) is 7.04. The van der Waals surface area contributed by atoms with Gasteiger partial charge in [0.05, 0.1) is 0 Å². The standard InChI is InChI=1S/C22H29IO3/c1-3-20(23)21(24)25-18-5-7-19(8-6-18)26-22(4-2)16-10-14-9-15(12-16)13-17(22)11-14/h5-8,14-17,20H,3-4,9-13H2,1-2H3. The Morgan fingerprint density at radius 1 is 1.04 bits per heavy atom. The number of benzene rings is 1. The number of alkyl halides is 1. The maximum atomic E-state index is 11.9. The molecule has 26 heavy (non-hydrogen) atoms. The minimum Gasteiger partial charge on any atom is -0.487 e. The summed E-state index contributed by atoms with van der Waals surface area (Å²) in [6, 6.07) is 7.68. The molecular weight excluding hydrogens is 439 g/mol. The summed E-state index contributed by atoms with van der Waals surface area (Å²) in [7, 11) is 0. The molecule has 1 atom stereocenters. The quantitative estimate of drug-likeness (QED) is 0.230. The zero-order valence-corrected chi connectivity index (χ0v) is 17.9. The second-order valence-electron chi connectivity index (χ2n) is 8.48. The third-order valence-corrected chi connectivity index (χ3v) is 8.43. The van der Waals surface area contributed by atoms with Crippen LogP contribution in [0.2, 0.25) is 0 Å². The topological polar surface area (TPSA) is 35.5 Å². The van der Waals surface area contributed by atoms with Crippen LogP contribution in [0.4, 0.5) is 0 Å². The molecule has 0 spiro atoms. The predicted molar refractivity (Wildman–Crippen MR) is 111 cm³/mol. The minimum atomic E-state index is -0.173. The Bertz CT molecular complexity index is 626. The Morgan fingerprint density at radius 3 is 2.08 bits per heavy atom. The lowest BCUT2D eigenvalue weighted by Gasteiger charge is -2.60. The molecule has 0 N–H and O–H groups in total. The summed E-state index contributed by atoms with van der Waals surface area (Å²) in [6.45, 7) is 4.29. The van der Waals surface area contributed by atoms with Gasteiger partial charge in [0.15, 0.2) is 0 Å². The molecule has 142 valence electrons. The van der Waals surface area contributed by atoms with Crippen LogP contribution >= 0.6 is 22.6 Å². The molecule has 5 rings (SSSR count). The van der Waals surface area contributed by atoms with Crippen molar-refractivity contribution in [3.05, 3.63) is 24.3 Å². The van der Waals surface area contributed by atoms with Gasteiger partial charge in [-0.25, -0.2) is 0 Å². The van der Waals surface area contributed by atoms with Crippen molar-refractivity contribution in [1.29, 1.82) is 0 Å². The van der Waals surface area contributed by atoms with E-state index >= 15 is 0 Å². The van der Waals surface area contributed by atoms with Gasteiger partial charge in [0, 0.05) is 0 Å². The summed E-state index contributed by atoms with van der Waals surface area (Å²) in [6.07, 6.45) is 8.74. The molecule has 1 aromatic carbocycles. The van der Waals surface area contributed by atoms with Crippen molar-refractivity contribution in [1.82, 2.24) is 0 Å². The van der Waals surface area contributed by atoms with E-state index in [1.165, 1.54) is 32.1 Å². The lowest BCUT2D eigenvalue weighted by atomic mass is 9.49. The van der Waals surface area contributed by atoms with Crippen LogP contribution in [0.25, 0.3) is 0 Å². The Labute approximate surface area is 170 Å². The van der Waals surface area contributed by atoms with Crippen LogP contribution in [-0.4, -0.2) is 15.5 Å². The monoisotopic (exact) mass is 468 g/mol. The van der Waals surface area contributed by atoms with E-state index in [0.717, 1.165) is 30.4 Å². The first-order valence-electron chi connectivity index (χ1n) is 10.2. The van der Waals surface area contributed by atoms with Gasteiger partial charge in [0.1, 0.15) is 21.0 Å². The van der Waals surface area contributed by atoms with Crippen molar-refractivity contribution < 1.29 is 14.3 Å². The van der Waals surface area contributed by atoms with E-state index in [4.69, 9.17) is 9.47 Å². The van der Waals surface area contributed by atoms with Crippen LogP contribution in [0.3, 0.4) is 0 Å². The smallest absolute Gasteiger partial charge is 0.324 e. The van der Waals surface area contributed by atoms with Crippen LogP contribution < -0.4 is 9.47 Å². The van der Waals surface area contributed by atoms with Gasteiger partial charge in [-0.1, -0.05) is 36.4 Å². The third kappa shape index (κ3) is 3.27. The van der Waals surface area contributed by atoms with E-state index in [1.807, 2.05) is 31.2 Å². The summed E-state index contributed by atoms with van der Waals surface area (Å²) >= 11 is 2.13. The Kier molecular flexibility index (Phi) is 5.23. The molecule has 4 heteroatoms. The van der Waals surface area contributed by atoms with Crippen molar-refractivity contribution in [2.24, 2.45) is 23.7 Å². The number of carbonyl (C=O) groups is 1. The summed E-state index contributed by atoms with van der Waals surface area (Å²) in [5.41, 5.74) is 0.0150. The molecule has 0 amide bonds. The number of halogens is 1. The van der Waals surface area contributed by atoms with Gasteiger partial charge in [-0.15, -0.1) is 0 Å². The van der Waals surface area contributed by atoms with E-state index in [9.17, 15) is 4.79 Å². The highest BCUT2D eigenvalue weighted by Gasteiger charge is 2.57. The van der Waals surface area contributed by atoms with Gasteiger partial charge in [-0.2, -0.15) is 0 Å². The van der Waals surface area contributed by atoms with E-state index in [2.05, 4.69) is 29.5 Å². The number of rotatable bonds is 6. The second kappa shape index (κ2) is 7.33. The molecule has 0 heterocycles. The number of carbonyl (C=O) groups excluding carboxylic acids is 1. The fourth-order valence-electron chi connectivity index (χ4n) is 5.94. The summed E-state index contributed by atoms with van der Waals surface area (Å²) < 4.78 is 12.1. The highest BCUT2D eigenvalue weighted by molar-refractivity contribution is 14.1. The molecule has 0 radical (unpaired) electrons. The number of ether oxygens (including phenoxy) is 2. The van der Waals surface area contributed by atoms with E-state index in [1.54, 1.807) is 0 Å². The summed E-state index contributed by atoms with van der Waals surface area (Å²) in [5.74, 6) is 4.67. The first kappa shape index (κ1) is 18.6. The molecule has 0 aromatic heterocycles. The number of hydrogen-bond acceptors (Lipinski definition) is 3. The molecule has 0 saturated heterocycles. The zero-order chi connectivity index (χ0) is 18.3. The van der Waals surface area contributed by atoms with Crippen molar-refractivity contribution in [2.75, 3.05) is 0 Å². The minimum absolute atomic E-state index is 0.0150. The van der Waals surface area contributed by atoms with Gasteiger partial charge in [0.25, 0.3) is 0 Å². The average molecular weight is 468 g/mol. The van der Waals surface area contributed by atoms with Gasteiger partial charge < -0.3 is 9.47 Å². The molecule has 3 nitrogen and oxygen atoms in total. The molecular formula is C22H29IO3. The maximum Gasteiger partial charge on any atom is 0.324 e. The zero-order valence-electron chi connectivity index (χ0n) is 15.7. The Balaban J connectivity index is 1.47. The fourth-order valence-corrected chi connectivity index (χ4v) is 6.07. The normalized spacial score (nSPS) is 36.0. The molecule has 4 aliphatic carbocycles. The largest absolute Gasteiger partial charge is 0.487 e. The average Bonchev–Trinajstić information content (AvgIpc) is 2.65. The molecule has 4 bridgehead atoms. The SMILES string of the molecule is CCC(I)C(=O)Oc1ccc(OC2(CC)C3CC4CC(C3)CC2C4)cc1. The lowest BCUT2D eigenvalue weighted by Crippen LogP contribution is -2.60.